The minimum Gasteiger partial charge on any atom is -0.469 e. The molecule has 0 aliphatic heterocycles. The Kier molecular flexibility index (Phi) is 4.54. The average Bonchev–Trinajstić information content (AvgIpc) is 2.23. The Hall–Kier alpha value is -1.30. The second kappa shape index (κ2) is 5.69. The first-order valence-corrected chi connectivity index (χ1v) is 5.56. The molecule has 0 aliphatic carbocycles. The average molecular weight is 288 g/mol. The van der Waals surface area contributed by atoms with E-state index in [4.69, 9.17) is 5.73 Å². The van der Waals surface area contributed by atoms with Gasteiger partial charge in [-0.1, -0.05) is 0 Å². The number of aromatic nitrogens is 1. The summed E-state index contributed by atoms with van der Waals surface area (Å²) >= 11 is 3.30. The number of carbonyl (C=O) groups is 1. The van der Waals surface area contributed by atoms with Crippen LogP contribution in [0.5, 0.6) is 0 Å². The lowest BCUT2D eigenvalue weighted by molar-refractivity contribution is -0.140. The largest absolute Gasteiger partial charge is 0.469 e. The van der Waals surface area contributed by atoms with E-state index in [2.05, 4.69) is 31.0 Å². The summed E-state index contributed by atoms with van der Waals surface area (Å²) in [7, 11) is 1.37. The van der Waals surface area contributed by atoms with Crippen molar-refractivity contribution in [3.8, 4) is 0 Å². The Morgan fingerprint density at radius 3 is 3.06 bits per heavy atom. The molecular formula is C10H14BrN3O2. The quantitative estimate of drug-likeness (QED) is 0.826. The van der Waals surface area contributed by atoms with Crippen LogP contribution in [0.15, 0.2) is 16.7 Å². The SMILES string of the molecule is COC(=O)CC(C)Nc1cc(Br)cnc1N. The molecule has 3 N–H and O–H groups in total. The molecule has 1 unspecified atom stereocenters. The van der Waals surface area contributed by atoms with Gasteiger partial charge in [0.1, 0.15) is 5.82 Å². The lowest BCUT2D eigenvalue weighted by Crippen LogP contribution is -2.21. The fourth-order valence-corrected chi connectivity index (χ4v) is 1.55. The summed E-state index contributed by atoms with van der Waals surface area (Å²) in [6.07, 6.45) is 1.90. The number of pyridine rings is 1. The van der Waals surface area contributed by atoms with Crippen LogP contribution < -0.4 is 11.1 Å². The number of nitrogens with one attached hydrogen (secondary N) is 1. The summed E-state index contributed by atoms with van der Waals surface area (Å²) in [5, 5.41) is 3.10. The molecule has 1 aromatic rings. The van der Waals surface area contributed by atoms with Crippen LogP contribution >= 0.6 is 15.9 Å². The minimum atomic E-state index is -0.262. The first kappa shape index (κ1) is 12.8. The molecule has 1 rings (SSSR count). The lowest BCUT2D eigenvalue weighted by Gasteiger charge is -2.15. The smallest absolute Gasteiger partial charge is 0.307 e. The number of anilines is 2. The Bertz CT molecular complexity index is 384. The van der Waals surface area contributed by atoms with Gasteiger partial charge in [0.2, 0.25) is 0 Å². The topological polar surface area (TPSA) is 77.2 Å². The number of carbonyl (C=O) groups excluding carboxylic acids is 1. The summed E-state index contributed by atoms with van der Waals surface area (Å²) in [5.41, 5.74) is 6.39. The number of nitrogens with zero attached hydrogens (tertiary/aromatic N) is 1. The number of hydrogen-bond donors (Lipinski definition) is 2. The van der Waals surface area contributed by atoms with Crippen molar-refractivity contribution in [2.45, 2.75) is 19.4 Å². The van der Waals surface area contributed by atoms with Gasteiger partial charge >= 0.3 is 5.97 Å². The molecule has 88 valence electrons. The van der Waals surface area contributed by atoms with Crippen molar-refractivity contribution in [1.29, 1.82) is 0 Å². The molecule has 0 spiro atoms. The van der Waals surface area contributed by atoms with E-state index < -0.39 is 0 Å². The Morgan fingerprint density at radius 2 is 2.44 bits per heavy atom. The van der Waals surface area contributed by atoms with Gasteiger partial charge in [-0.05, 0) is 28.9 Å². The van der Waals surface area contributed by atoms with E-state index >= 15 is 0 Å². The van der Waals surface area contributed by atoms with Crippen LogP contribution in [-0.4, -0.2) is 24.1 Å². The second-order valence-electron chi connectivity index (χ2n) is 3.41. The van der Waals surface area contributed by atoms with Gasteiger partial charge in [-0.25, -0.2) is 4.98 Å². The molecule has 0 saturated carbocycles. The summed E-state index contributed by atoms with van der Waals surface area (Å²) in [4.78, 5) is 15.0. The zero-order valence-corrected chi connectivity index (χ0v) is 10.7. The maximum Gasteiger partial charge on any atom is 0.307 e. The number of halogens is 1. The molecule has 1 heterocycles. The van der Waals surface area contributed by atoms with Crippen molar-refractivity contribution < 1.29 is 9.53 Å². The van der Waals surface area contributed by atoms with Crippen molar-refractivity contribution >= 4 is 33.4 Å². The zero-order valence-electron chi connectivity index (χ0n) is 9.16. The molecule has 0 saturated heterocycles. The highest BCUT2D eigenvalue weighted by Gasteiger charge is 2.10. The van der Waals surface area contributed by atoms with Gasteiger partial charge in [-0.3, -0.25) is 4.79 Å². The van der Waals surface area contributed by atoms with E-state index in [1.54, 1.807) is 6.20 Å². The highest BCUT2D eigenvalue weighted by molar-refractivity contribution is 9.10. The molecule has 0 fully saturated rings. The third-order valence-electron chi connectivity index (χ3n) is 1.99. The number of nitrogen functional groups attached to an aromatic ring is 1. The maximum atomic E-state index is 11.0. The van der Waals surface area contributed by atoms with Crippen LogP contribution in [0.1, 0.15) is 13.3 Å². The van der Waals surface area contributed by atoms with E-state index in [1.807, 2.05) is 13.0 Å². The summed E-state index contributed by atoms with van der Waals surface area (Å²) in [6, 6.07) is 1.75. The van der Waals surface area contributed by atoms with Gasteiger partial charge in [-0.2, -0.15) is 0 Å². The number of ether oxygens (including phenoxy) is 1. The number of esters is 1. The Balaban J connectivity index is 2.65. The van der Waals surface area contributed by atoms with Gasteiger partial charge in [0.15, 0.2) is 0 Å². The predicted octanol–water partition coefficient (Wildman–Crippen LogP) is 1.79. The van der Waals surface area contributed by atoms with Crippen molar-refractivity contribution in [3.63, 3.8) is 0 Å². The number of nitrogens with two attached hydrogens (primary N) is 1. The Labute approximate surface area is 103 Å². The third-order valence-corrected chi connectivity index (χ3v) is 2.42. The Morgan fingerprint density at radius 1 is 1.75 bits per heavy atom. The molecule has 0 aliphatic rings. The fourth-order valence-electron chi connectivity index (χ4n) is 1.22. The van der Waals surface area contributed by atoms with Crippen LogP contribution in [0, 0.1) is 0 Å². The van der Waals surface area contributed by atoms with Crippen LogP contribution in [0.4, 0.5) is 11.5 Å². The van der Waals surface area contributed by atoms with E-state index in [0.29, 0.717) is 11.5 Å². The van der Waals surface area contributed by atoms with Gasteiger partial charge in [-0.15, -0.1) is 0 Å². The summed E-state index contributed by atoms with van der Waals surface area (Å²) in [6.45, 7) is 1.87. The van der Waals surface area contributed by atoms with E-state index in [1.165, 1.54) is 7.11 Å². The third kappa shape index (κ3) is 3.69. The molecule has 5 nitrogen and oxygen atoms in total. The van der Waals surface area contributed by atoms with Crippen LogP contribution in [0.2, 0.25) is 0 Å². The highest BCUT2D eigenvalue weighted by Crippen LogP contribution is 2.21. The van der Waals surface area contributed by atoms with Crippen LogP contribution in [0.3, 0.4) is 0 Å². The monoisotopic (exact) mass is 287 g/mol. The lowest BCUT2D eigenvalue weighted by atomic mass is 10.2. The normalized spacial score (nSPS) is 11.9. The second-order valence-corrected chi connectivity index (χ2v) is 4.33. The highest BCUT2D eigenvalue weighted by atomic mass is 79.9. The predicted molar refractivity (Wildman–Crippen MR) is 66.1 cm³/mol. The first-order valence-electron chi connectivity index (χ1n) is 4.77. The fraction of sp³-hybridized carbons (Fsp3) is 0.400. The van der Waals surface area contributed by atoms with Crippen molar-refractivity contribution in [1.82, 2.24) is 4.98 Å². The van der Waals surface area contributed by atoms with E-state index in [-0.39, 0.29) is 18.4 Å². The molecule has 0 radical (unpaired) electrons. The zero-order chi connectivity index (χ0) is 12.1. The minimum absolute atomic E-state index is 0.0640. The van der Waals surface area contributed by atoms with E-state index in [0.717, 1.165) is 4.47 Å². The molecule has 16 heavy (non-hydrogen) atoms. The van der Waals surface area contributed by atoms with Crippen molar-refractivity contribution in [3.05, 3.63) is 16.7 Å². The van der Waals surface area contributed by atoms with Gasteiger partial charge in [0.05, 0.1) is 19.2 Å². The first-order chi connectivity index (χ1) is 7.52. The molecule has 0 bridgehead atoms. The van der Waals surface area contributed by atoms with Gasteiger partial charge < -0.3 is 15.8 Å². The summed E-state index contributed by atoms with van der Waals surface area (Å²) in [5.74, 6) is 0.140. The van der Waals surface area contributed by atoms with Gasteiger partial charge in [0.25, 0.3) is 0 Å². The molecule has 1 aromatic heterocycles. The van der Waals surface area contributed by atoms with Crippen LogP contribution in [0.25, 0.3) is 0 Å². The number of hydrogen-bond acceptors (Lipinski definition) is 5. The summed E-state index contributed by atoms with van der Waals surface area (Å²) < 4.78 is 5.41. The van der Waals surface area contributed by atoms with Crippen molar-refractivity contribution in [2.24, 2.45) is 0 Å². The number of rotatable bonds is 4. The van der Waals surface area contributed by atoms with E-state index in [9.17, 15) is 4.79 Å². The number of methoxy groups -OCH3 is 1. The van der Waals surface area contributed by atoms with Crippen LogP contribution in [-0.2, 0) is 9.53 Å². The van der Waals surface area contributed by atoms with Gasteiger partial charge in [0, 0.05) is 16.7 Å². The molecule has 1 atom stereocenters. The molecule has 0 amide bonds. The molecule has 6 heteroatoms. The standard InChI is InChI=1S/C10H14BrN3O2/c1-6(3-9(15)16-2)14-8-4-7(11)5-13-10(8)12/h4-6,14H,3H2,1-2H3,(H2,12,13). The molecule has 0 aromatic carbocycles. The van der Waals surface area contributed by atoms with Crippen molar-refractivity contribution in [2.75, 3.05) is 18.2 Å². The molecular weight excluding hydrogens is 274 g/mol. The maximum absolute atomic E-state index is 11.0.